The maximum atomic E-state index is 16.5. The van der Waals surface area contributed by atoms with E-state index >= 15 is 32.3 Å². The van der Waals surface area contributed by atoms with E-state index < -0.39 is 185 Å². The van der Waals surface area contributed by atoms with Gasteiger partial charge in [-0.2, -0.15) is 18.2 Å². The van der Waals surface area contributed by atoms with Gasteiger partial charge >= 0.3 is 6.18 Å². The monoisotopic (exact) mass is 1560 g/mol. The number of para-hydroxylation sites is 1. The average Bonchev–Trinajstić information content (AvgIpc) is 1.70. The molecule has 10 atom stereocenters. The highest BCUT2D eigenvalue weighted by molar-refractivity contribution is 6.39. The van der Waals surface area contributed by atoms with Crippen LogP contribution >= 0.6 is 11.6 Å². The predicted molar refractivity (Wildman–Crippen MR) is 391 cm³/mol. The van der Waals surface area contributed by atoms with E-state index in [-0.39, 0.29) is 70.5 Å². The minimum Gasteiger partial charge on any atom is -0.472 e. The van der Waals surface area contributed by atoms with Gasteiger partial charge < -0.3 is 61.8 Å². The summed E-state index contributed by atoms with van der Waals surface area (Å²) >= 11 is 6.19. The highest BCUT2D eigenvalue weighted by atomic mass is 35.5. The number of alkyl halides is 3. The molecule has 6 heterocycles. The fraction of sp³-hybridized carbons (Fsp3) is 0.566. The van der Waals surface area contributed by atoms with Crippen LogP contribution < -0.4 is 52.0 Å². The van der Waals surface area contributed by atoms with Gasteiger partial charge in [0.25, 0.3) is 23.6 Å². The first-order chi connectivity index (χ1) is 53.1. The number of aromatic nitrogens is 7. The van der Waals surface area contributed by atoms with E-state index in [4.69, 9.17) is 21.1 Å². The smallest absolute Gasteiger partial charge is 0.451 e. The highest BCUT2D eigenvalue weighted by Crippen LogP contribution is 2.41. The lowest BCUT2D eigenvalue weighted by Crippen LogP contribution is -2.63. The van der Waals surface area contributed by atoms with Crippen molar-refractivity contribution < 1.29 is 80.2 Å². The SMILES string of the molecule is CCC[C@H](NC(=O)[C@@H]1C[C@@H](Oc2nc(C(F)(F)F)nc3c(C(C)(C)[C@H](NC(=O)[C@@H](NC(=O)c4cnccn4)C4CCCCC4)C(=O)N4C[C@H](Oc5ccc(Cl)cn5)C[C@H]4C(=O)N[C@@H](CCC)C(=O)C(=O)NC4CC4)cccc23)CN1C(=O)[C@H](C)NC(=O)[C@@H](NC(=O)c1cnccn1)C1CCCCC1)C(=O)C(=O)NC1CC1. The molecule has 4 aromatic heterocycles. The quantitative estimate of drug-likeness (QED) is 0.0264. The van der Waals surface area contributed by atoms with Crippen molar-refractivity contribution in [2.24, 2.45) is 11.8 Å². The van der Waals surface area contributed by atoms with Gasteiger partial charge in [-0.1, -0.05) is 103 Å². The standard InChI is InChI=1S/C76H93ClF3N17O14/c1-6-15-50(60(98)69(106)87-44-24-25-44)89-65(102)54-34-47(39-96(54)72(108)40(3)86-67(104)57(41-17-10-8-11-18-41)91-63(100)52-36-81-29-31-83-52)111-71-48-21-14-22-49(59(48)93-74(95-71)76(78,79)80)75(4,5)62(94-68(105)58(42-19-12-9-13-20-42)92-64(101)53-37-82-30-32-84-53)73(109)97-38-46(110-56-28-23-43(77)35-85-56)33-55(97)66(103)90-51(16-7-2)61(99)70(107)88-45-26-27-45/h14,21-23,28-32,35-37,40-42,44-47,50-51,54-55,57-58,62H,6-13,15-20,24-27,33-34,38-39H2,1-5H3,(H,86,104)(H,87,106)(H,88,107)(H,89,102)(H,90,103)(H,91,100)(H,92,101)(H,94,105)/t40-,46+,47+,50-,51-,54-,55-,57-,58-,62+/m0/s1. The second-order valence-corrected chi connectivity index (χ2v) is 30.5. The van der Waals surface area contributed by atoms with Crippen LogP contribution in [0.3, 0.4) is 0 Å². The number of rotatable bonds is 32. The summed E-state index contributed by atoms with van der Waals surface area (Å²) in [6.45, 7) is 6.70. The fourth-order valence-corrected chi connectivity index (χ4v) is 15.1. The van der Waals surface area contributed by atoms with E-state index in [9.17, 15) is 38.4 Å². The number of likely N-dealkylation sites (tertiary alicyclic amines) is 2. The van der Waals surface area contributed by atoms with Crippen LogP contribution in [0.2, 0.25) is 5.02 Å². The molecule has 31 nitrogen and oxygen atoms in total. The number of hydrogen-bond donors (Lipinski definition) is 8. The fourth-order valence-electron chi connectivity index (χ4n) is 15.0. The molecule has 6 aliphatic rings. The zero-order valence-electron chi connectivity index (χ0n) is 62.3. The van der Waals surface area contributed by atoms with Gasteiger partial charge in [0.15, 0.2) is 0 Å². The van der Waals surface area contributed by atoms with Crippen molar-refractivity contribution in [1.82, 2.24) is 87.2 Å². The molecular weight excluding hydrogens is 1470 g/mol. The van der Waals surface area contributed by atoms with Crippen molar-refractivity contribution in [3.8, 4) is 11.8 Å². The Morgan fingerprint density at radius 3 is 1.52 bits per heavy atom. The number of ether oxygens (including phenoxy) is 2. The first kappa shape index (κ1) is 81.6. The lowest BCUT2D eigenvalue weighted by atomic mass is 9.75. The molecule has 0 radical (unpaired) electrons. The molecule has 4 aliphatic carbocycles. The lowest BCUT2D eigenvalue weighted by molar-refractivity contribution is -0.145. The molecule has 5 aromatic rings. The number of fused-ring (bicyclic) bond motifs is 1. The maximum absolute atomic E-state index is 16.5. The Labute approximate surface area is 643 Å². The highest BCUT2D eigenvalue weighted by Gasteiger charge is 2.52. The van der Waals surface area contributed by atoms with E-state index in [0.29, 0.717) is 77.0 Å². The molecule has 1 aromatic carbocycles. The number of carbonyl (C=O) groups excluding carboxylic acids is 12. The molecule has 10 amide bonds. The third kappa shape index (κ3) is 20.4. The molecule has 6 fully saturated rings. The summed E-state index contributed by atoms with van der Waals surface area (Å²) in [4.78, 5) is 204. The van der Waals surface area contributed by atoms with Crippen LogP contribution in [-0.4, -0.2) is 201 Å². The molecule has 4 saturated carbocycles. The molecular formula is C76H93ClF3N17O14. The predicted octanol–water partition coefficient (Wildman–Crippen LogP) is 4.96. The van der Waals surface area contributed by atoms with Gasteiger partial charge in [-0.05, 0) is 101 Å². The second-order valence-electron chi connectivity index (χ2n) is 30.0. The van der Waals surface area contributed by atoms with Crippen molar-refractivity contribution in [1.29, 1.82) is 0 Å². The maximum Gasteiger partial charge on any atom is 0.451 e. The number of ketones is 2. The van der Waals surface area contributed by atoms with Crippen LogP contribution in [0.25, 0.3) is 10.9 Å². The summed E-state index contributed by atoms with van der Waals surface area (Å²) in [6.07, 6.45) is 10.1. The molecule has 0 unspecified atom stereocenters. The molecule has 111 heavy (non-hydrogen) atoms. The van der Waals surface area contributed by atoms with Crippen LogP contribution in [0.5, 0.6) is 11.8 Å². The van der Waals surface area contributed by atoms with Gasteiger partial charge in [-0.15, -0.1) is 0 Å². The van der Waals surface area contributed by atoms with Crippen LogP contribution in [0, 0.1) is 11.8 Å². The van der Waals surface area contributed by atoms with Crippen molar-refractivity contribution in [3.05, 3.63) is 102 Å². The molecule has 11 rings (SSSR count). The first-order valence-corrected chi connectivity index (χ1v) is 38.5. The van der Waals surface area contributed by atoms with Crippen molar-refractivity contribution >= 4 is 93.1 Å². The van der Waals surface area contributed by atoms with E-state index in [1.54, 1.807) is 13.8 Å². The summed E-state index contributed by atoms with van der Waals surface area (Å²) in [5.41, 5.74) is -2.82. The Balaban J connectivity index is 0.968. The summed E-state index contributed by atoms with van der Waals surface area (Å²) in [7, 11) is 0. The second kappa shape index (κ2) is 36.2. The Hall–Kier alpha value is -10.4. The van der Waals surface area contributed by atoms with Crippen molar-refractivity contribution in [2.45, 2.75) is 247 Å². The molecule has 2 saturated heterocycles. The third-order valence-corrected chi connectivity index (χ3v) is 21.5. The van der Waals surface area contributed by atoms with Gasteiger partial charge in [0.1, 0.15) is 59.8 Å². The molecule has 35 heteroatoms. The Kier molecular flexibility index (Phi) is 26.6. The van der Waals surface area contributed by atoms with Gasteiger partial charge in [0, 0.05) is 67.4 Å². The topological polar surface area (TPSA) is 416 Å². The van der Waals surface area contributed by atoms with Gasteiger partial charge in [-0.25, -0.2) is 19.9 Å². The summed E-state index contributed by atoms with van der Waals surface area (Å²) < 4.78 is 60.2. The van der Waals surface area contributed by atoms with Crippen molar-refractivity contribution in [2.75, 3.05) is 13.1 Å². The summed E-state index contributed by atoms with van der Waals surface area (Å²) in [6, 6.07) is -5.28. The molecule has 0 spiro atoms. The third-order valence-electron chi connectivity index (χ3n) is 21.3. The first-order valence-electron chi connectivity index (χ1n) is 38.1. The van der Waals surface area contributed by atoms with E-state index in [0.717, 1.165) is 35.5 Å². The Morgan fingerprint density at radius 2 is 1.06 bits per heavy atom. The Morgan fingerprint density at radius 1 is 0.568 bits per heavy atom. The van der Waals surface area contributed by atoms with Crippen LogP contribution in [-0.2, 0) is 59.5 Å². The minimum atomic E-state index is -5.36. The molecule has 8 N–H and O–H groups in total. The summed E-state index contributed by atoms with van der Waals surface area (Å²) in [5, 5.41) is 21.9. The van der Waals surface area contributed by atoms with Crippen molar-refractivity contribution in [3.63, 3.8) is 0 Å². The zero-order valence-corrected chi connectivity index (χ0v) is 63.1. The molecule has 594 valence electrons. The number of nitrogens with zero attached hydrogens (tertiary/aromatic N) is 9. The minimum absolute atomic E-state index is 0.00702. The zero-order chi connectivity index (χ0) is 79.4. The molecule has 0 bridgehead atoms. The van der Waals surface area contributed by atoms with Gasteiger partial charge in [0.2, 0.25) is 64.6 Å². The summed E-state index contributed by atoms with van der Waals surface area (Å²) in [5.74, 6) is -14.1. The van der Waals surface area contributed by atoms with Gasteiger partial charge in [-0.3, -0.25) is 67.5 Å². The number of amides is 10. The number of carbonyl (C=O) groups is 12. The Bertz CT molecular complexity index is 4260. The van der Waals surface area contributed by atoms with E-state index in [1.807, 2.05) is 0 Å². The number of hydrogen-bond acceptors (Lipinski definition) is 21. The number of nitrogens with one attached hydrogen (secondary N) is 8. The number of benzene rings is 1. The largest absolute Gasteiger partial charge is 0.472 e. The number of halogens is 4. The average molecular weight is 1560 g/mol. The van der Waals surface area contributed by atoms with Crippen LogP contribution in [0.4, 0.5) is 13.2 Å². The van der Waals surface area contributed by atoms with Gasteiger partial charge in [0.05, 0.1) is 53.5 Å². The van der Waals surface area contributed by atoms with E-state index in [2.05, 4.69) is 77.4 Å². The molecule has 2 aliphatic heterocycles. The number of Topliss-reactive ketones (excluding diaryl/α,β-unsaturated/α-hetero) is 2. The number of pyridine rings is 1. The van der Waals surface area contributed by atoms with Crippen LogP contribution in [0.15, 0.2) is 73.7 Å². The van der Waals surface area contributed by atoms with E-state index in [1.165, 1.54) is 94.5 Å². The normalized spacial score (nSPS) is 20.5. The van der Waals surface area contributed by atoms with Crippen LogP contribution in [0.1, 0.15) is 195 Å². The lowest BCUT2D eigenvalue weighted by Gasteiger charge is -2.40.